The van der Waals surface area contributed by atoms with Gasteiger partial charge in [-0.05, 0) is 42.7 Å². The largest absolute Gasteiger partial charge is 0.487 e. The van der Waals surface area contributed by atoms with Crippen LogP contribution in [0.5, 0.6) is 5.75 Å². The molecule has 1 aliphatic heterocycles. The molecule has 1 saturated heterocycles. The summed E-state index contributed by atoms with van der Waals surface area (Å²) in [7, 11) is 1.77. The van der Waals surface area contributed by atoms with E-state index < -0.39 is 0 Å². The second-order valence-corrected chi connectivity index (χ2v) is 9.01. The number of anilines is 2. The molecule has 5 rings (SSSR count). The molecule has 9 nitrogen and oxygen atoms in total. The van der Waals surface area contributed by atoms with Gasteiger partial charge < -0.3 is 20.3 Å². The summed E-state index contributed by atoms with van der Waals surface area (Å²) in [6.07, 6.45) is 2.61. The van der Waals surface area contributed by atoms with Gasteiger partial charge in [-0.2, -0.15) is 0 Å². The van der Waals surface area contributed by atoms with Gasteiger partial charge in [-0.3, -0.25) is 9.59 Å². The van der Waals surface area contributed by atoms with Crippen LogP contribution in [-0.2, 0) is 9.59 Å². The molecule has 1 aliphatic carbocycles. The highest BCUT2D eigenvalue weighted by Crippen LogP contribution is 2.38. The topological polar surface area (TPSA) is 109 Å². The fourth-order valence-electron chi connectivity index (χ4n) is 4.00. The molecule has 35 heavy (non-hydrogen) atoms. The second-order valence-electron chi connectivity index (χ2n) is 9.01. The van der Waals surface area contributed by atoms with E-state index in [2.05, 4.69) is 44.6 Å². The molecule has 2 aliphatic rings. The lowest BCUT2D eigenvalue weighted by Gasteiger charge is -2.38. The van der Waals surface area contributed by atoms with Crippen molar-refractivity contribution >= 4 is 34.4 Å². The summed E-state index contributed by atoms with van der Waals surface area (Å²) >= 11 is 0. The van der Waals surface area contributed by atoms with E-state index in [0.29, 0.717) is 41.7 Å². The monoisotopic (exact) mass is 470 g/mol. The van der Waals surface area contributed by atoms with E-state index in [1.807, 2.05) is 24.3 Å². The zero-order valence-electron chi connectivity index (χ0n) is 19.8. The number of benzene rings is 1. The Balaban J connectivity index is 1.34. The number of aromatic nitrogens is 3. The summed E-state index contributed by atoms with van der Waals surface area (Å²) in [4.78, 5) is 29.8. The third kappa shape index (κ3) is 4.87. The third-order valence-corrected chi connectivity index (χ3v) is 6.36. The summed E-state index contributed by atoms with van der Waals surface area (Å²) in [5.74, 6) is 8.56. The number of pyridine rings is 1. The lowest BCUT2D eigenvalue weighted by Crippen LogP contribution is -2.55. The van der Waals surface area contributed by atoms with Crippen LogP contribution >= 0.6 is 0 Å². The van der Waals surface area contributed by atoms with E-state index in [0.717, 1.165) is 23.1 Å². The summed E-state index contributed by atoms with van der Waals surface area (Å²) in [6, 6.07) is 9.32. The predicted octanol–water partition coefficient (Wildman–Crippen LogP) is 2.67. The first kappa shape index (κ1) is 22.6. The summed E-state index contributed by atoms with van der Waals surface area (Å²) in [5, 5.41) is 15.1. The molecule has 3 aromatic rings. The number of carbonyl (C=O) groups is 2. The Bertz CT molecular complexity index is 1360. The average Bonchev–Trinajstić information content (AvgIpc) is 3.56. The van der Waals surface area contributed by atoms with Crippen molar-refractivity contribution in [2.75, 3.05) is 30.8 Å². The Morgan fingerprint density at radius 2 is 1.89 bits per heavy atom. The highest BCUT2D eigenvalue weighted by Gasteiger charge is 2.39. The molecule has 0 spiro atoms. The maximum absolute atomic E-state index is 12.3. The van der Waals surface area contributed by atoms with Crippen molar-refractivity contribution in [2.24, 2.45) is 11.8 Å². The fourth-order valence-corrected chi connectivity index (χ4v) is 4.00. The molecule has 178 valence electrons. The number of rotatable bonds is 5. The number of fused-ring (bicyclic) bond motifs is 1. The number of nitrogens with one attached hydrogen (secondary N) is 2. The molecular formula is C26H26N6O3. The molecule has 2 aromatic heterocycles. The fraction of sp³-hybridized carbons (Fsp3) is 0.346. The van der Waals surface area contributed by atoms with E-state index in [1.54, 1.807) is 31.1 Å². The number of carbonyl (C=O) groups excluding carboxylic acids is 2. The number of ether oxygens (including phenoxy) is 1. The molecule has 2 amide bonds. The molecule has 9 heteroatoms. The Morgan fingerprint density at radius 3 is 2.54 bits per heavy atom. The molecule has 1 saturated carbocycles. The number of likely N-dealkylation sites (tertiary alicyclic amines) is 1. The van der Waals surface area contributed by atoms with Gasteiger partial charge in [0.15, 0.2) is 11.6 Å². The van der Waals surface area contributed by atoms with Gasteiger partial charge in [-0.15, -0.1) is 10.2 Å². The third-order valence-electron chi connectivity index (χ3n) is 6.36. The minimum Gasteiger partial charge on any atom is -0.487 e. The summed E-state index contributed by atoms with van der Waals surface area (Å²) in [6.45, 7) is 4.85. The first-order valence-corrected chi connectivity index (χ1v) is 11.6. The van der Waals surface area contributed by atoms with Crippen LogP contribution < -0.4 is 15.4 Å². The van der Waals surface area contributed by atoms with E-state index in [-0.39, 0.29) is 23.8 Å². The van der Waals surface area contributed by atoms with Crippen molar-refractivity contribution in [2.45, 2.75) is 26.4 Å². The highest BCUT2D eigenvalue weighted by molar-refractivity contribution is 5.97. The summed E-state index contributed by atoms with van der Waals surface area (Å²) < 4.78 is 5.90. The Kier molecular flexibility index (Phi) is 5.95. The van der Waals surface area contributed by atoms with E-state index in [1.165, 1.54) is 0 Å². The van der Waals surface area contributed by atoms with Crippen LogP contribution in [0.15, 0.2) is 36.5 Å². The molecule has 0 radical (unpaired) electrons. The van der Waals surface area contributed by atoms with Crippen molar-refractivity contribution in [3.63, 3.8) is 0 Å². The van der Waals surface area contributed by atoms with E-state index in [4.69, 9.17) is 4.74 Å². The number of hydrogen-bond donors (Lipinski definition) is 2. The first-order chi connectivity index (χ1) is 16.9. The van der Waals surface area contributed by atoms with Crippen LogP contribution in [0.2, 0.25) is 0 Å². The average molecular weight is 471 g/mol. The molecule has 2 atom stereocenters. The van der Waals surface area contributed by atoms with Crippen LogP contribution in [-0.4, -0.2) is 58.1 Å². The van der Waals surface area contributed by atoms with Crippen molar-refractivity contribution in [1.29, 1.82) is 0 Å². The van der Waals surface area contributed by atoms with E-state index in [9.17, 15) is 9.59 Å². The lowest BCUT2D eigenvalue weighted by molar-refractivity contribution is -0.137. The SMILES string of the molecule is CNc1ncc(C#Cc2ccc(OC3CN(C(C)=O)C3)cc2)c2cc(NC(=O)[C@H]3C[C@H]3C)nnc12. The van der Waals surface area contributed by atoms with Crippen molar-refractivity contribution in [3.8, 4) is 17.6 Å². The van der Waals surface area contributed by atoms with Gasteiger partial charge in [0.25, 0.3) is 0 Å². The van der Waals surface area contributed by atoms with Crippen LogP contribution in [0.1, 0.15) is 31.4 Å². The minimum absolute atomic E-state index is 0.0258. The zero-order valence-corrected chi connectivity index (χ0v) is 19.8. The molecule has 0 bridgehead atoms. The van der Waals surface area contributed by atoms with Gasteiger partial charge >= 0.3 is 0 Å². The molecule has 1 aromatic carbocycles. The van der Waals surface area contributed by atoms with Gasteiger partial charge in [0.2, 0.25) is 11.8 Å². The standard InChI is InChI=1S/C26H26N6O3/c1-15-10-21(15)26(34)29-23-11-22-18(12-28-25(27-3)24(22)31-30-23)7-4-17-5-8-19(9-6-17)35-20-13-32(14-20)16(2)33/h5-6,8-9,11-12,15,20-21H,10,13-14H2,1-3H3,(H,27,28)(H,29,30,34)/t15-,21+/m1/s1. The highest BCUT2D eigenvalue weighted by atomic mass is 16.5. The summed E-state index contributed by atoms with van der Waals surface area (Å²) in [5.41, 5.74) is 2.09. The van der Waals surface area contributed by atoms with Gasteiger partial charge in [-0.25, -0.2) is 4.98 Å². The van der Waals surface area contributed by atoms with Crippen LogP contribution in [0.4, 0.5) is 11.6 Å². The zero-order chi connectivity index (χ0) is 24.5. The Morgan fingerprint density at radius 1 is 1.14 bits per heavy atom. The maximum atomic E-state index is 12.3. The van der Waals surface area contributed by atoms with Gasteiger partial charge in [0.1, 0.15) is 17.4 Å². The molecule has 0 unspecified atom stereocenters. The minimum atomic E-state index is -0.0279. The van der Waals surface area contributed by atoms with Crippen molar-refractivity contribution < 1.29 is 14.3 Å². The molecule has 2 N–H and O–H groups in total. The van der Waals surface area contributed by atoms with Gasteiger partial charge in [0, 0.05) is 37.0 Å². The number of nitrogens with zero attached hydrogens (tertiary/aromatic N) is 4. The molecular weight excluding hydrogens is 444 g/mol. The number of amides is 2. The van der Waals surface area contributed by atoms with Gasteiger partial charge in [0.05, 0.1) is 18.7 Å². The lowest BCUT2D eigenvalue weighted by atomic mass is 10.1. The predicted molar refractivity (Wildman–Crippen MR) is 132 cm³/mol. The maximum Gasteiger partial charge on any atom is 0.228 e. The molecule has 2 fully saturated rings. The normalized spacial score (nSPS) is 18.8. The van der Waals surface area contributed by atoms with Crippen LogP contribution in [0, 0.1) is 23.7 Å². The second kappa shape index (κ2) is 9.22. The van der Waals surface area contributed by atoms with Crippen LogP contribution in [0.25, 0.3) is 10.9 Å². The smallest absolute Gasteiger partial charge is 0.228 e. The molecule has 3 heterocycles. The van der Waals surface area contributed by atoms with Crippen LogP contribution in [0.3, 0.4) is 0 Å². The Labute approximate surface area is 203 Å². The van der Waals surface area contributed by atoms with Crippen molar-refractivity contribution in [3.05, 3.63) is 47.7 Å². The van der Waals surface area contributed by atoms with Crippen molar-refractivity contribution in [1.82, 2.24) is 20.1 Å². The van der Waals surface area contributed by atoms with Gasteiger partial charge in [-0.1, -0.05) is 18.8 Å². The quantitative estimate of drug-likeness (QED) is 0.552. The Hall–Kier alpha value is -4.19. The first-order valence-electron chi connectivity index (χ1n) is 11.6. The van der Waals surface area contributed by atoms with E-state index >= 15 is 0 Å². The number of hydrogen-bond acceptors (Lipinski definition) is 7.